The number of aromatic nitrogens is 3. The van der Waals surface area contributed by atoms with Crippen LogP contribution in [0.3, 0.4) is 0 Å². The first-order valence-corrected chi connectivity index (χ1v) is 9.45. The molecule has 4 rings (SSSR count). The van der Waals surface area contributed by atoms with Gasteiger partial charge in [0.2, 0.25) is 0 Å². The molecule has 10 heteroatoms. The Bertz CT molecular complexity index is 1010. The number of piperazine rings is 1. The summed E-state index contributed by atoms with van der Waals surface area (Å²) < 4.78 is 13.1. The molecule has 4 N–H and O–H groups in total. The minimum absolute atomic E-state index is 0.249. The Hall–Kier alpha value is -3.95. The second-order valence-electron chi connectivity index (χ2n) is 6.70. The van der Waals surface area contributed by atoms with Gasteiger partial charge >= 0.3 is 0 Å². The number of amides is 1. The van der Waals surface area contributed by atoms with E-state index in [-0.39, 0.29) is 11.5 Å². The fraction of sp³-hybridized carbons (Fsp3) is 0.200. The lowest BCUT2D eigenvalue weighted by molar-refractivity contribution is 0.0957. The average Bonchev–Trinajstić information content (AvgIpc) is 2.79. The first-order chi connectivity index (χ1) is 14.6. The molecule has 0 saturated carbocycles. The second-order valence-corrected chi connectivity index (χ2v) is 6.70. The van der Waals surface area contributed by atoms with Crippen molar-refractivity contribution in [2.75, 3.05) is 47.1 Å². The zero-order valence-electron chi connectivity index (χ0n) is 16.1. The molecule has 154 valence electrons. The number of nitrogens with zero attached hydrogens (tertiary/aromatic N) is 5. The maximum absolute atomic E-state index is 13.1. The minimum Gasteiger partial charge on any atom is -0.393 e. The van der Waals surface area contributed by atoms with E-state index in [1.165, 1.54) is 24.7 Å². The van der Waals surface area contributed by atoms with E-state index in [1.807, 2.05) is 0 Å². The van der Waals surface area contributed by atoms with E-state index < -0.39 is 5.91 Å². The predicted molar refractivity (Wildman–Crippen MR) is 113 cm³/mol. The summed E-state index contributed by atoms with van der Waals surface area (Å²) in [5.41, 5.74) is 13.1. The lowest BCUT2D eigenvalue weighted by Gasteiger charge is -2.37. The number of rotatable bonds is 5. The summed E-state index contributed by atoms with van der Waals surface area (Å²) in [7, 11) is 0. The zero-order chi connectivity index (χ0) is 20.9. The van der Waals surface area contributed by atoms with E-state index >= 15 is 0 Å². The van der Waals surface area contributed by atoms with Crippen LogP contribution in [0.25, 0.3) is 0 Å². The molecule has 0 bridgehead atoms. The number of carbonyl (C=O) groups excluding carboxylic acids is 1. The van der Waals surface area contributed by atoms with Crippen LogP contribution in [-0.4, -0.2) is 47.0 Å². The molecule has 3 aromatic rings. The Labute approximate surface area is 172 Å². The van der Waals surface area contributed by atoms with Gasteiger partial charge in [-0.1, -0.05) is 6.07 Å². The molecule has 1 aliphatic rings. The van der Waals surface area contributed by atoms with Crippen LogP contribution >= 0.6 is 0 Å². The molecule has 9 nitrogen and oxygen atoms in total. The number of nitrogens with two attached hydrogens (primary N) is 1. The normalized spacial score (nSPS) is 13.8. The van der Waals surface area contributed by atoms with Crippen LogP contribution in [0.5, 0.6) is 0 Å². The van der Waals surface area contributed by atoms with Gasteiger partial charge in [0.1, 0.15) is 23.5 Å². The van der Waals surface area contributed by atoms with Gasteiger partial charge in [-0.25, -0.2) is 14.4 Å². The number of pyridine rings is 1. The fourth-order valence-corrected chi connectivity index (χ4v) is 3.24. The van der Waals surface area contributed by atoms with E-state index in [2.05, 4.69) is 35.6 Å². The molecule has 1 aliphatic heterocycles. The standard InChI is InChI=1S/C20H21FN8O/c21-14-4-6-15(7-5-14)28-9-11-29(12-10-28)19-17(22)18(24-13-25-19)26-27-20(30)16-3-1-2-8-23-16/h1-8,13H,9-12,22H2,(H,27,30)(H,24,25,26). The van der Waals surface area contributed by atoms with Crippen LogP contribution in [0.2, 0.25) is 0 Å². The van der Waals surface area contributed by atoms with Crippen molar-refractivity contribution >= 4 is 28.9 Å². The van der Waals surface area contributed by atoms with E-state index in [4.69, 9.17) is 5.73 Å². The molecule has 0 unspecified atom stereocenters. The Morgan fingerprint density at radius 1 is 0.967 bits per heavy atom. The summed E-state index contributed by atoms with van der Waals surface area (Å²) in [5.74, 6) is 0.257. The van der Waals surface area contributed by atoms with Gasteiger partial charge in [0.05, 0.1) is 0 Å². The zero-order valence-corrected chi connectivity index (χ0v) is 16.1. The van der Waals surface area contributed by atoms with Gasteiger partial charge in [-0.05, 0) is 36.4 Å². The van der Waals surface area contributed by atoms with Gasteiger partial charge in [0, 0.05) is 38.1 Å². The highest BCUT2D eigenvalue weighted by atomic mass is 19.1. The Morgan fingerprint density at radius 3 is 2.40 bits per heavy atom. The smallest absolute Gasteiger partial charge is 0.288 e. The number of benzene rings is 1. The Kier molecular flexibility index (Phi) is 5.55. The van der Waals surface area contributed by atoms with Crippen LogP contribution in [-0.2, 0) is 0 Å². The SMILES string of the molecule is Nc1c(NNC(=O)c2ccccn2)ncnc1N1CCN(c2ccc(F)cc2)CC1. The molecule has 0 radical (unpaired) electrons. The quantitative estimate of drug-likeness (QED) is 0.547. The fourth-order valence-electron chi connectivity index (χ4n) is 3.24. The van der Waals surface area contributed by atoms with Crippen LogP contribution in [0, 0.1) is 5.82 Å². The number of hydrazine groups is 1. The monoisotopic (exact) mass is 408 g/mol. The van der Waals surface area contributed by atoms with E-state index in [0.717, 1.165) is 18.8 Å². The van der Waals surface area contributed by atoms with Crippen molar-refractivity contribution < 1.29 is 9.18 Å². The molecule has 1 saturated heterocycles. The highest BCUT2D eigenvalue weighted by Crippen LogP contribution is 2.27. The highest BCUT2D eigenvalue weighted by molar-refractivity contribution is 5.93. The average molecular weight is 408 g/mol. The summed E-state index contributed by atoms with van der Waals surface area (Å²) >= 11 is 0. The van der Waals surface area contributed by atoms with Crippen LogP contribution in [0.1, 0.15) is 10.5 Å². The van der Waals surface area contributed by atoms with Crippen molar-refractivity contribution in [1.82, 2.24) is 20.4 Å². The van der Waals surface area contributed by atoms with E-state index in [1.54, 1.807) is 30.3 Å². The molecule has 1 fully saturated rings. The number of nitrogen functional groups attached to an aromatic ring is 1. The third-order valence-corrected chi connectivity index (χ3v) is 4.83. The van der Waals surface area contributed by atoms with Crippen molar-refractivity contribution in [1.29, 1.82) is 0 Å². The molecular weight excluding hydrogens is 387 g/mol. The number of carbonyl (C=O) groups is 1. The largest absolute Gasteiger partial charge is 0.393 e. The third-order valence-electron chi connectivity index (χ3n) is 4.83. The maximum Gasteiger partial charge on any atom is 0.288 e. The van der Waals surface area contributed by atoms with Crippen molar-refractivity contribution in [3.63, 3.8) is 0 Å². The summed E-state index contributed by atoms with van der Waals surface area (Å²) in [5, 5.41) is 0. The lowest BCUT2D eigenvalue weighted by Crippen LogP contribution is -2.47. The van der Waals surface area contributed by atoms with Crippen molar-refractivity contribution in [2.24, 2.45) is 0 Å². The van der Waals surface area contributed by atoms with Gasteiger partial charge in [-0.15, -0.1) is 0 Å². The molecule has 30 heavy (non-hydrogen) atoms. The molecule has 0 atom stereocenters. The molecule has 0 spiro atoms. The van der Waals surface area contributed by atoms with Crippen LogP contribution in [0.15, 0.2) is 55.0 Å². The Morgan fingerprint density at radius 2 is 1.70 bits per heavy atom. The lowest BCUT2D eigenvalue weighted by atomic mass is 10.2. The van der Waals surface area contributed by atoms with Crippen molar-refractivity contribution in [3.05, 3.63) is 66.5 Å². The van der Waals surface area contributed by atoms with Gasteiger partial charge in [0.25, 0.3) is 5.91 Å². The summed E-state index contributed by atoms with van der Waals surface area (Å²) in [4.78, 5) is 28.8. The van der Waals surface area contributed by atoms with Gasteiger partial charge in [-0.3, -0.25) is 20.6 Å². The molecule has 3 heterocycles. The van der Waals surface area contributed by atoms with Crippen molar-refractivity contribution in [2.45, 2.75) is 0 Å². The molecular formula is C20H21FN8O. The topological polar surface area (TPSA) is 112 Å². The Balaban J connectivity index is 1.39. The molecule has 0 aliphatic carbocycles. The summed E-state index contributed by atoms with van der Waals surface area (Å²) in [6.07, 6.45) is 2.94. The van der Waals surface area contributed by atoms with Crippen molar-refractivity contribution in [3.8, 4) is 0 Å². The molecule has 1 amide bonds. The number of hydrogen-bond donors (Lipinski definition) is 3. The predicted octanol–water partition coefficient (Wildman–Crippen LogP) is 1.68. The van der Waals surface area contributed by atoms with Crippen LogP contribution in [0.4, 0.5) is 27.4 Å². The summed E-state index contributed by atoms with van der Waals surface area (Å²) in [6.45, 7) is 2.87. The molecule has 2 aromatic heterocycles. The summed E-state index contributed by atoms with van der Waals surface area (Å²) in [6, 6.07) is 11.5. The number of anilines is 4. The number of halogens is 1. The van der Waals surface area contributed by atoms with Gasteiger partial charge < -0.3 is 15.5 Å². The number of hydrogen-bond acceptors (Lipinski definition) is 8. The minimum atomic E-state index is -0.400. The third kappa shape index (κ3) is 4.22. The van der Waals surface area contributed by atoms with E-state index in [0.29, 0.717) is 30.4 Å². The maximum atomic E-state index is 13.1. The second kappa shape index (κ2) is 8.60. The molecule has 1 aromatic carbocycles. The first-order valence-electron chi connectivity index (χ1n) is 9.45. The van der Waals surface area contributed by atoms with Gasteiger partial charge in [0.15, 0.2) is 11.6 Å². The highest BCUT2D eigenvalue weighted by Gasteiger charge is 2.22. The van der Waals surface area contributed by atoms with Gasteiger partial charge in [-0.2, -0.15) is 0 Å². The van der Waals surface area contributed by atoms with Crippen LogP contribution < -0.4 is 26.4 Å². The first kappa shape index (κ1) is 19.4. The number of nitrogens with one attached hydrogen (secondary N) is 2. The van der Waals surface area contributed by atoms with E-state index in [9.17, 15) is 9.18 Å².